The molecule has 1 aliphatic heterocycles. The molecule has 1 saturated heterocycles. The van der Waals surface area contributed by atoms with Crippen molar-refractivity contribution >= 4 is 61.8 Å². The molecule has 4 aromatic rings. The van der Waals surface area contributed by atoms with Crippen LogP contribution in [-0.4, -0.2) is 35.9 Å². The van der Waals surface area contributed by atoms with Crippen molar-refractivity contribution in [3.05, 3.63) is 71.3 Å². The maximum atomic E-state index is 13.1. The van der Waals surface area contributed by atoms with Crippen LogP contribution in [0.15, 0.2) is 65.7 Å². The molecule has 1 unspecified atom stereocenters. The number of thiocarbonyl (C=S) groups is 1. The molecule has 0 N–H and O–H groups in total. The molecule has 8 heteroatoms. The van der Waals surface area contributed by atoms with E-state index in [1.54, 1.807) is 16.2 Å². The number of nitrogens with zero attached hydrogens (tertiary/aromatic N) is 4. The van der Waals surface area contributed by atoms with Crippen LogP contribution in [0.3, 0.4) is 0 Å². The fourth-order valence-electron chi connectivity index (χ4n) is 3.53. The zero-order chi connectivity index (χ0) is 22.2. The van der Waals surface area contributed by atoms with Gasteiger partial charge < -0.3 is 0 Å². The van der Waals surface area contributed by atoms with E-state index < -0.39 is 0 Å². The Hall–Kier alpha value is -2.81. The molecular formula is C24H20N4OS3. The van der Waals surface area contributed by atoms with Gasteiger partial charge in [-0.1, -0.05) is 61.2 Å². The van der Waals surface area contributed by atoms with Crippen molar-refractivity contribution in [3.63, 3.8) is 0 Å². The molecule has 1 fully saturated rings. The number of hydrogen-bond acceptors (Lipinski definition) is 6. The maximum absolute atomic E-state index is 13.1. The van der Waals surface area contributed by atoms with E-state index >= 15 is 0 Å². The van der Waals surface area contributed by atoms with Gasteiger partial charge in [-0.15, -0.1) is 11.3 Å². The maximum Gasteiger partial charge on any atom is 0.266 e. The van der Waals surface area contributed by atoms with Gasteiger partial charge in [-0.2, -0.15) is 5.10 Å². The number of para-hydroxylation sites is 2. The van der Waals surface area contributed by atoms with Crippen molar-refractivity contribution in [1.82, 2.24) is 19.7 Å². The summed E-state index contributed by atoms with van der Waals surface area (Å²) < 4.78 is 3.54. The molecule has 1 atom stereocenters. The highest BCUT2D eigenvalue weighted by molar-refractivity contribution is 8.26. The molecular weight excluding hydrogens is 456 g/mol. The first-order chi connectivity index (χ1) is 15.5. The molecule has 1 aliphatic rings. The summed E-state index contributed by atoms with van der Waals surface area (Å²) in [4.78, 5) is 20.2. The normalized spacial score (nSPS) is 16.4. The average molecular weight is 477 g/mol. The Kier molecular flexibility index (Phi) is 5.67. The summed E-state index contributed by atoms with van der Waals surface area (Å²) in [7, 11) is 0. The van der Waals surface area contributed by atoms with Crippen molar-refractivity contribution in [3.8, 4) is 16.4 Å². The van der Waals surface area contributed by atoms with E-state index in [0.29, 0.717) is 9.23 Å². The number of rotatable bonds is 5. The van der Waals surface area contributed by atoms with Crippen LogP contribution in [0.5, 0.6) is 0 Å². The van der Waals surface area contributed by atoms with Gasteiger partial charge in [0.05, 0.1) is 20.8 Å². The molecule has 3 heterocycles. The second-order valence-electron chi connectivity index (χ2n) is 7.51. The Morgan fingerprint density at radius 3 is 2.62 bits per heavy atom. The highest BCUT2D eigenvalue weighted by atomic mass is 32.2. The minimum atomic E-state index is -0.0444. The topological polar surface area (TPSA) is 51.0 Å². The number of fused-ring (bicyclic) bond motifs is 1. The molecule has 160 valence electrons. The van der Waals surface area contributed by atoms with Gasteiger partial charge in [-0.25, -0.2) is 9.67 Å². The molecule has 2 aromatic heterocycles. The Morgan fingerprint density at radius 1 is 1.12 bits per heavy atom. The predicted octanol–water partition coefficient (Wildman–Crippen LogP) is 6.15. The second-order valence-corrected chi connectivity index (χ2v) is 10.2. The summed E-state index contributed by atoms with van der Waals surface area (Å²) in [6, 6.07) is 18.1. The van der Waals surface area contributed by atoms with Gasteiger partial charge in [-0.05, 0) is 43.7 Å². The van der Waals surface area contributed by atoms with Crippen molar-refractivity contribution in [2.24, 2.45) is 0 Å². The number of benzene rings is 2. The predicted molar refractivity (Wildman–Crippen MR) is 137 cm³/mol. The molecule has 0 saturated carbocycles. The Morgan fingerprint density at radius 2 is 1.88 bits per heavy atom. The van der Waals surface area contributed by atoms with E-state index in [-0.39, 0.29) is 11.9 Å². The van der Waals surface area contributed by atoms with Crippen LogP contribution < -0.4 is 0 Å². The summed E-state index contributed by atoms with van der Waals surface area (Å²) in [6.45, 7) is 4.08. The lowest BCUT2D eigenvalue weighted by Crippen LogP contribution is -2.36. The molecule has 0 aliphatic carbocycles. The molecule has 5 rings (SSSR count). The van der Waals surface area contributed by atoms with Crippen molar-refractivity contribution < 1.29 is 4.79 Å². The summed E-state index contributed by atoms with van der Waals surface area (Å²) in [6.07, 6.45) is 4.70. The zero-order valence-electron chi connectivity index (χ0n) is 17.6. The van der Waals surface area contributed by atoms with Crippen molar-refractivity contribution in [2.75, 3.05) is 0 Å². The molecule has 5 nitrogen and oxygen atoms in total. The van der Waals surface area contributed by atoms with Gasteiger partial charge in [0.1, 0.15) is 15.0 Å². The standard InChI is InChI=1S/C24H20N4OS3/c1-3-15(2)28-23(29)20(32-24(28)30)13-16-14-27(17-9-5-4-6-10-17)26-21(16)22-25-18-11-7-8-12-19(18)31-22/h4-15H,3H2,1-2H3/b20-13+. The first kappa shape index (κ1) is 21.1. The minimum absolute atomic E-state index is 0.0444. The van der Waals surface area contributed by atoms with Crippen LogP contribution in [0.2, 0.25) is 0 Å². The van der Waals surface area contributed by atoms with E-state index in [4.69, 9.17) is 22.3 Å². The van der Waals surface area contributed by atoms with Crippen molar-refractivity contribution in [1.29, 1.82) is 0 Å². The van der Waals surface area contributed by atoms with E-state index in [0.717, 1.165) is 38.6 Å². The number of thioether (sulfide) groups is 1. The molecule has 2 aromatic carbocycles. The number of hydrogen-bond donors (Lipinski definition) is 0. The highest BCUT2D eigenvalue weighted by Crippen LogP contribution is 2.37. The third-order valence-corrected chi connectivity index (χ3v) is 7.77. The molecule has 0 radical (unpaired) electrons. The van der Waals surface area contributed by atoms with E-state index in [2.05, 4.69) is 13.0 Å². The van der Waals surface area contributed by atoms with Gasteiger partial charge >= 0.3 is 0 Å². The summed E-state index contributed by atoms with van der Waals surface area (Å²) in [5.41, 5.74) is 3.49. The number of carbonyl (C=O) groups excluding carboxylic acids is 1. The number of amides is 1. The van der Waals surface area contributed by atoms with Gasteiger partial charge in [0.2, 0.25) is 0 Å². The Balaban J connectivity index is 1.62. The van der Waals surface area contributed by atoms with Gasteiger partial charge in [-0.3, -0.25) is 9.69 Å². The largest absolute Gasteiger partial charge is 0.290 e. The van der Waals surface area contributed by atoms with Crippen molar-refractivity contribution in [2.45, 2.75) is 26.3 Å². The quantitative estimate of drug-likeness (QED) is 0.255. The summed E-state index contributed by atoms with van der Waals surface area (Å²) >= 11 is 8.45. The highest BCUT2D eigenvalue weighted by Gasteiger charge is 2.35. The summed E-state index contributed by atoms with van der Waals surface area (Å²) in [5.74, 6) is -0.0444. The number of carbonyl (C=O) groups is 1. The lowest BCUT2D eigenvalue weighted by Gasteiger charge is -2.21. The van der Waals surface area contributed by atoms with Gasteiger partial charge in [0.25, 0.3) is 5.91 Å². The molecule has 1 amide bonds. The fourth-order valence-corrected chi connectivity index (χ4v) is 5.95. The number of thiazole rings is 1. The van der Waals surface area contributed by atoms with Crippen LogP contribution in [0.1, 0.15) is 25.8 Å². The van der Waals surface area contributed by atoms with E-state index in [1.165, 1.54) is 11.8 Å². The Bertz CT molecular complexity index is 1320. The monoisotopic (exact) mass is 476 g/mol. The van der Waals surface area contributed by atoms with Crippen LogP contribution in [0.25, 0.3) is 32.7 Å². The number of aromatic nitrogens is 3. The Labute approximate surface area is 199 Å². The first-order valence-electron chi connectivity index (χ1n) is 10.3. The molecule has 0 spiro atoms. The third kappa shape index (κ3) is 3.79. The lowest BCUT2D eigenvalue weighted by atomic mass is 10.2. The molecule has 32 heavy (non-hydrogen) atoms. The van der Waals surface area contributed by atoms with Gasteiger partial charge in [0, 0.05) is 17.8 Å². The second kappa shape index (κ2) is 8.61. The van der Waals surface area contributed by atoms with Crippen LogP contribution >= 0.6 is 35.3 Å². The van der Waals surface area contributed by atoms with E-state index in [9.17, 15) is 4.79 Å². The molecule has 0 bridgehead atoms. The van der Waals surface area contributed by atoms with Gasteiger partial charge in [0.15, 0.2) is 0 Å². The van der Waals surface area contributed by atoms with Crippen LogP contribution in [-0.2, 0) is 4.79 Å². The first-order valence-corrected chi connectivity index (χ1v) is 12.4. The minimum Gasteiger partial charge on any atom is -0.290 e. The lowest BCUT2D eigenvalue weighted by molar-refractivity contribution is -0.123. The smallest absolute Gasteiger partial charge is 0.266 e. The average Bonchev–Trinajstić information content (AvgIpc) is 3.49. The SMILES string of the molecule is CCC(C)N1C(=O)/C(=C\c2cn(-c3ccccc3)nc2-c2nc3ccccc3s2)SC1=S. The summed E-state index contributed by atoms with van der Waals surface area (Å²) in [5, 5.41) is 5.68. The fraction of sp³-hybridized carbons (Fsp3) is 0.167. The van der Waals surface area contributed by atoms with Crippen LogP contribution in [0, 0.1) is 0 Å². The van der Waals surface area contributed by atoms with Crippen LogP contribution in [0.4, 0.5) is 0 Å². The van der Waals surface area contributed by atoms with E-state index in [1.807, 2.05) is 72.4 Å². The zero-order valence-corrected chi connectivity index (χ0v) is 20.0. The third-order valence-electron chi connectivity index (χ3n) is 5.40.